The van der Waals surface area contributed by atoms with Crippen LogP contribution >= 0.6 is 0 Å². The van der Waals surface area contributed by atoms with Crippen LogP contribution in [-0.2, 0) is 4.79 Å². The van der Waals surface area contributed by atoms with Gasteiger partial charge in [-0.1, -0.05) is 48.5 Å². The molecule has 21 heavy (non-hydrogen) atoms. The number of hydrogen-bond donors (Lipinski definition) is 1. The van der Waals surface area contributed by atoms with E-state index in [2.05, 4.69) is 4.98 Å². The minimum Gasteiger partial charge on any atom is -0.354 e. The molecule has 1 aromatic heterocycles. The summed E-state index contributed by atoms with van der Waals surface area (Å²) in [6.45, 7) is 1.44. The molecule has 0 aliphatic heterocycles. The fourth-order valence-corrected chi connectivity index (χ4v) is 2.57. The first-order valence-electron chi connectivity index (χ1n) is 6.85. The highest BCUT2D eigenvalue weighted by molar-refractivity contribution is 6.18. The number of aromatic amines is 1. The molecule has 0 aliphatic carbocycles. The first-order valence-corrected chi connectivity index (χ1v) is 6.85. The van der Waals surface area contributed by atoms with Gasteiger partial charge in [-0.15, -0.1) is 0 Å². The van der Waals surface area contributed by atoms with E-state index in [1.165, 1.54) is 6.92 Å². The fraction of sp³-hybridized carbons (Fsp3) is 0.111. The molecule has 3 rings (SSSR count). The van der Waals surface area contributed by atoms with Crippen molar-refractivity contribution in [2.75, 3.05) is 0 Å². The van der Waals surface area contributed by atoms with Crippen molar-refractivity contribution < 1.29 is 9.59 Å². The van der Waals surface area contributed by atoms with Gasteiger partial charge in [-0.3, -0.25) is 9.59 Å². The summed E-state index contributed by atoms with van der Waals surface area (Å²) in [5, 5.41) is 0.864. The van der Waals surface area contributed by atoms with Crippen molar-refractivity contribution in [2.45, 2.75) is 13.3 Å². The normalized spacial score (nSPS) is 10.7. The van der Waals surface area contributed by atoms with Crippen LogP contribution in [0, 0.1) is 0 Å². The molecule has 0 atom stereocenters. The molecule has 0 aliphatic rings. The van der Waals surface area contributed by atoms with E-state index in [1.807, 2.05) is 54.6 Å². The van der Waals surface area contributed by atoms with Crippen molar-refractivity contribution in [1.29, 1.82) is 0 Å². The SMILES string of the molecule is CC(=O)CC(=O)c1c(-c2ccccc2)[nH]c2ccccc12. The van der Waals surface area contributed by atoms with E-state index in [4.69, 9.17) is 0 Å². The molecule has 2 aromatic carbocycles. The van der Waals surface area contributed by atoms with Gasteiger partial charge in [0.05, 0.1) is 17.7 Å². The first kappa shape index (κ1) is 13.3. The molecule has 0 bridgehead atoms. The highest BCUT2D eigenvalue weighted by atomic mass is 16.1. The lowest BCUT2D eigenvalue weighted by Crippen LogP contribution is -2.05. The third-order valence-corrected chi connectivity index (χ3v) is 3.46. The quantitative estimate of drug-likeness (QED) is 0.579. The van der Waals surface area contributed by atoms with E-state index in [0.29, 0.717) is 5.56 Å². The zero-order valence-corrected chi connectivity index (χ0v) is 11.7. The molecule has 3 nitrogen and oxygen atoms in total. The zero-order valence-electron chi connectivity index (χ0n) is 11.7. The Labute approximate surface area is 122 Å². The standard InChI is InChI=1S/C18H15NO2/c1-12(20)11-16(21)17-14-9-5-6-10-15(14)19-18(17)13-7-3-2-4-8-13/h2-10,19H,11H2,1H3. The number of Topliss-reactive ketones (excluding diaryl/α,β-unsaturated/α-hetero) is 2. The van der Waals surface area contributed by atoms with Crippen molar-refractivity contribution in [3.8, 4) is 11.3 Å². The maximum absolute atomic E-state index is 12.5. The Morgan fingerprint density at radius 2 is 1.62 bits per heavy atom. The Balaban J connectivity index is 2.24. The molecule has 0 amide bonds. The molecule has 104 valence electrons. The Morgan fingerprint density at radius 1 is 0.952 bits per heavy atom. The Bertz CT molecular complexity index is 816. The van der Waals surface area contributed by atoms with Gasteiger partial charge >= 0.3 is 0 Å². The maximum Gasteiger partial charge on any atom is 0.173 e. The van der Waals surface area contributed by atoms with E-state index in [0.717, 1.165) is 22.2 Å². The van der Waals surface area contributed by atoms with Crippen molar-refractivity contribution in [3.05, 3.63) is 60.2 Å². The van der Waals surface area contributed by atoms with E-state index in [1.54, 1.807) is 0 Å². The van der Waals surface area contributed by atoms with Gasteiger partial charge in [-0.05, 0) is 18.6 Å². The van der Waals surface area contributed by atoms with E-state index in [-0.39, 0.29) is 18.0 Å². The van der Waals surface area contributed by atoms with Crippen molar-refractivity contribution in [1.82, 2.24) is 4.98 Å². The molecule has 0 spiro atoms. The van der Waals surface area contributed by atoms with Crippen LogP contribution in [0.25, 0.3) is 22.2 Å². The second-order valence-electron chi connectivity index (χ2n) is 5.09. The first-order chi connectivity index (χ1) is 10.2. The lowest BCUT2D eigenvalue weighted by Gasteiger charge is -2.03. The van der Waals surface area contributed by atoms with Crippen LogP contribution in [0.4, 0.5) is 0 Å². The van der Waals surface area contributed by atoms with E-state index < -0.39 is 0 Å². The number of carbonyl (C=O) groups excluding carboxylic acids is 2. The number of nitrogens with one attached hydrogen (secondary N) is 1. The number of ketones is 2. The number of fused-ring (bicyclic) bond motifs is 1. The summed E-state index contributed by atoms with van der Waals surface area (Å²) >= 11 is 0. The second kappa shape index (κ2) is 5.37. The van der Waals surface area contributed by atoms with Crippen LogP contribution in [0.5, 0.6) is 0 Å². The predicted molar refractivity (Wildman–Crippen MR) is 83.4 cm³/mol. The van der Waals surface area contributed by atoms with Crippen LogP contribution in [0.15, 0.2) is 54.6 Å². The van der Waals surface area contributed by atoms with Crippen LogP contribution in [-0.4, -0.2) is 16.6 Å². The monoisotopic (exact) mass is 277 g/mol. The van der Waals surface area contributed by atoms with Crippen LogP contribution < -0.4 is 0 Å². The summed E-state index contributed by atoms with van der Waals surface area (Å²) in [5.74, 6) is -0.261. The number of aromatic nitrogens is 1. The summed E-state index contributed by atoms with van der Waals surface area (Å²) in [4.78, 5) is 27.1. The van der Waals surface area contributed by atoms with Crippen LogP contribution in [0.2, 0.25) is 0 Å². The minimum atomic E-state index is -0.140. The second-order valence-corrected chi connectivity index (χ2v) is 5.09. The van der Waals surface area contributed by atoms with Crippen molar-refractivity contribution in [2.24, 2.45) is 0 Å². The Kier molecular flexibility index (Phi) is 3.40. The van der Waals surface area contributed by atoms with Crippen molar-refractivity contribution in [3.63, 3.8) is 0 Å². The van der Waals surface area contributed by atoms with Crippen LogP contribution in [0.3, 0.4) is 0 Å². The van der Waals surface area contributed by atoms with Gasteiger partial charge in [-0.25, -0.2) is 0 Å². The van der Waals surface area contributed by atoms with E-state index >= 15 is 0 Å². The summed E-state index contributed by atoms with van der Waals surface area (Å²) in [7, 11) is 0. The Hall–Kier alpha value is -2.68. The molecule has 1 N–H and O–H groups in total. The van der Waals surface area contributed by atoms with Gasteiger partial charge in [0.15, 0.2) is 5.78 Å². The number of benzene rings is 2. The molecule has 0 saturated carbocycles. The van der Waals surface area contributed by atoms with Crippen LogP contribution in [0.1, 0.15) is 23.7 Å². The zero-order chi connectivity index (χ0) is 14.8. The summed E-state index contributed by atoms with van der Waals surface area (Å²) in [6.07, 6.45) is -0.0678. The van der Waals surface area contributed by atoms with Gasteiger partial charge < -0.3 is 4.98 Å². The molecule has 3 aromatic rings. The number of carbonyl (C=O) groups is 2. The lowest BCUT2D eigenvalue weighted by atomic mass is 9.99. The fourth-order valence-electron chi connectivity index (χ4n) is 2.57. The average Bonchev–Trinajstić information content (AvgIpc) is 2.87. The third-order valence-electron chi connectivity index (χ3n) is 3.46. The van der Waals surface area contributed by atoms with Gasteiger partial charge in [0.2, 0.25) is 0 Å². The summed E-state index contributed by atoms with van der Waals surface area (Å²) in [5.41, 5.74) is 3.24. The van der Waals surface area contributed by atoms with Gasteiger partial charge in [0.25, 0.3) is 0 Å². The molecule has 1 heterocycles. The Morgan fingerprint density at radius 3 is 2.33 bits per heavy atom. The van der Waals surface area contributed by atoms with Gasteiger partial charge in [-0.2, -0.15) is 0 Å². The maximum atomic E-state index is 12.5. The largest absolute Gasteiger partial charge is 0.354 e. The minimum absolute atomic E-state index is 0.0678. The number of rotatable bonds is 4. The molecular formula is C18H15NO2. The molecule has 0 unspecified atom stereocenters. The van der Waals surface area contributed by atoms with Gasteiger partial charge in [0, 0.05) is 10.9 Å². The number of H-pyrrole nitrogens is 1. The van der Waals surface area contributed by atoms with Crippen molar-refractivity contribution >= 4 is 22.5 Å². The summed E-state index contributed by atoms with van der Waals surface area (Å²) < 4.78 is 0. The molecular weight excluding hydrogens is 262 g/mol. The molecule has 3 heteroatoms. The molecule has 0 fully saturated rings. The predicted octanol–water partition coefficient (Wildman–Crippen LogP) is 4.00. The van der Waals surface area contributed by atoms with E-state index in [9.17, 15) is 9.59 Å². The highest BCUT2D eigenvalue weighted by Gasteiger charge is 2.20. The molecule has 0 saturated heterocycles. The summed E-state index contributed by atoms with van der Waals surface area (Å²) in [6, 6.07) is 17.4. The third kappa shape index (κ3) is 2.50. The number of hydrogen-bond acceptors (Lipinski definition) is 2. The van der Waals surface area contributed by atoms with Gasteiger partial charge in [0.1, 0.15) is 5.78 Å². The molecule has 0 radical (unpaired) electrons. The topological polar surface area (TPSA) is 49.9 Å². The smallest absolute Gasteiger partial charge is 0.173 e. The lowest BCUT2D eigenvalue weighted by molar-refractivity contribution is -0.116. The highest BCUT2D eigenvalue weighted by Crippen LogP contribution is 2.31. The number of para-hydroxylation sites is 1. The average molecular weight is 277 g/mol.